The fourth-order valence-electron chi connectivity index (χ4n) is 2.32. The van der Waals surface area contributed by atoms with E-state index in [1.165, 1.54) is 4.40 Å². The summed E-state index contributed by atoms with van der Waals surface area (Å²) < 4.78 is 1.41. The molecule has 0 saturated carbocycles. The third kappa shape index (κ3) is 3.17. The van der Waals surface area contributed by atoms with Crippen molar-refractivity contribution in [2.75, 3.05) is 18.4 Å². The number of fused-ring (bicyclic) bond motifs is 1. The van der Waals surface area contributed by atoms with E-state index in [0.717, 1.165) is 0 Å². The molecule has 0 saturated heterocycles. The van der Waals surface area contributed by atoms with Gasteiger partial charge in [0.25, 0.3) is 5.91 Å². The fraction of sp³-hybridized carbons (Fsp3) is 0.125. The van der Waals surface area contributed by atoms with Crippen LogP contribution in [0.4, 0.5) is 11.6 Å². The summed E-state index contributed by atoms with van der Waals surface area (Å²) in [6.07, 6.45) is 1.59. The van der Waals surface area contributed by atoms with E-state index < -0.39 is 4.92 Å². The predicted octanol–water partition coefficient (Wildman–Crippen LogP) is 2.08. The molecule has 8 heteroatoms. The molecule has 2 aromatic heterocycles. The van der Waals surface area contributed by atoms with Crippen LogP contribution in [0.1, 0.15) is 10.4 Å². The highest BCUT2D eigenvalue weighted by atomic mass is 16.6. The third-order valence-electron chi connectivity index (χ3n) is 3.42. The van der Waals surface area contributed by atoms with Gasteiger partial charge in [-0.1, -0.05) is 24.3 Å². The molecule has 1 amide bonds. The summed E-state index contributed by atoms with van der Waals surface area (Å²) >= 11 is 0. The molecule has 0 aliphatic rings. The Bertz CT molecular complexity index is 876. The number of imidazole rings is 1. The minimum absolute atomic E-state index is 0.125. The van der Waals surface area contributed by atoms with Gasteiger partial charge in [0, 0.05) is 24.7 Å². The molecule has 0 bridgehead atoms. The van der Waals surface area contributed by atoms with Crippen LogP contribution in [0, 0.1) is 10.1 Å². The number of amides is 1. The monoisotopic (exact) mass is 325 g/mol. The van der Waals surface area contributed by atoms with E-state index in [0.29, 0.717) is 24.3 Å². The van der Waals surface area contributed by atoms with Crippen LogP contribution >= 0.6 is 0 Å². The summed E-state index contributed by atoms with van der Waals surface area (Å²) in [5.74, 6) is -0.137. The number of benzene rings is 1. The standard InChI is InChI=1S/C16H15N5O3/c22-15(12-6-2-1-3-7-12)18-10-9-17-14-16(21(23)24)20-11-5-4-8-13(20)19-14/h1-8,11,17H,9-10H2,(H,18,22). The largest absolute Gasteiger partial charge is 0.372 e. The summed E-state index contributed by atoms with van der Waals surface area (Å²) in [5.41, 5.74) is 1.05. The molecule has 0 aliphatic heterocycles. The Labute approximate surface area is 137 Å². The van der Waals surface area contributed by atoms with E-state index in [4.69, 9.17) is 0 Å². The van der Waals surface area contributed by atoms with Crippen LogP contribution in [0.2, 0.25) is 0 Å². The second-order valence-electron chi connectivity index (χ2n) is 5.02. The maximum Gasteiger partial charge on any atom is 0.372 e. The molecule has 2 N–H and O–H groups in total. The van der Waals surface area contributed by atoms with Crippen LogP contribution in [0.3, 0.4) is 0 Å². The van der Waals surface area contributed by atoms with Crippen molar-refractivity contribution in [2.24, 2.45) is 0 Å². The summed E-state index contributed by atoms with van der Waals surface area (Å²) in [5, 5.41) is 16.9. The number of pyridine rings is 1. The Morgan fingerprint density at radius 2 is 1.88 bits per heavy atom. The first-order chi connectivity index (χ1) is 11.7. The zero-order valence-corrected chi connectivity index (χ0v) is 12.7. The van der Waals surface area contributed by atoms with Crippen LogP contribution < -0.4 is 10.6 Å². The van der Waals surface area contributed by atoms with Gasteiger partial charge in [-0.05, 0) is 23.1 Å². The number of hydrogen-bond donors (Lipinski definition) is 2. The van der Waals surface area contributed by atoms with Crippen LogP contribution in [0.5, 0.6) is 0 Å². The lowest BCUT2D eigenvalue weighted by Crippen LogP contribution is -2.28. The summed E-state index contributed by atoms with van der Waals surface area (Å²) in [6.45, 7) is 0.641. The maximum absolute atomic E-state index is 11.9. The fourth-order valence-corrected chi connectivity index (χ4v) is 2.32. The van der Waals surface area contributed by atoms with Crippen molar-refractivity contribution in [1.29, 1.82) is 0 Å². The molecule has 3 rings (SSSR count). The first kappa shape index (κ1) is 15.5. The first-order valence-corrected chi connectivity index (χ1v) is 7.35. The molecule has 2 heterocycles. The number of nitro groups is 1. The molecule has 122 valence electrons. The summed E-state index contributed by atoms with van der Waals surface area (Å²) in [6, 6.07) is 14.0. The molecule has 0 aliphatic carbocycles. The SMILES string of the molecule is O=C(NCCNc1nc2ccccn2c1[N+](=O)[O-])c1ccccc1. The maximum atomic E-state index is 11.9. The van der Waals surface area contributed by atoms with E-state index in [2.05, 4.69) is 15.6 Å². The minimum Gasteiger partial charge on any atom is -0.361 e. The Morgan fingerprint density at radius 3 is 2.62 bits per heavy atom. The molecule has 0 atom stereocenters. The lowest BCUT2D eigenvalue weighted by atomic mass is 10.2. The lowest BCUT2D eigenvalue weighted by molar-refractivity contribution is -0.389. The molecular weight excluding hydrogens is 310 g/mol. The Hall–Kier alpha value is -3.42. The van der Waals surface area contributed by atoms with Gasteiger partial charge in [0.05, 0.1) is 6.20 Å². The van der Waals surface area contributed by atoms with Crippen molar-refractivity contribution < 1.29 is 9.72 Å². The zero-order chi connectivity index (χ0) is 16.9. The average molecular weight is 325 g/mol. The normalized spacial score (nSPS) is 10.5. The van der Waals surface area contributed by atoms with Gasteiger partial charge in [-0.2, -0.15) is 9.38 Å². The van der Waals surface area contributed by atoms with E-state index in [-0.39, 0.29) is 17.5 Å². The van der Waals surface area contributed by atoms with Crippen LogP contribution in [-0.2, 0) is 0 Å². The highest BCUT2D eigenvalue weighted by Gasteiger charge is 2.21. The molecule has 3 aromatic rings. The van der Waals surface area contributed by atoms with E-state index in [1.54, 1.807) is 48.7 Å². The Morgan fingerprint density at radius 1 is 1.12 bits per heavy atom. The average Bonchev–Trinajstić information content (AvgIpc) is 2.97. The summed E-state index contributed by atoms with van der Waals surface area (Å²) in [7, 11) is 0. The minimum atomic E-state index is -0.481. The second-order valence-corrected chi connectivity index (χ2v) is 5.02. The smallest absolute Gasteiger partial charge is 0.361 e. The van der Waals surface area contributed by atoms with Gasteiger partial charge < -0.3 is 20.7 Å². The van der Waals surface area contributed by atoms with E-state index in [9.17, 15) is 14.9 Å². The molecule has 1 aromatic carbocycles. The summed E-state index contributed by atoms with van der Waals surface area (Å²) in [4.78, 5) is 26.9. The predicted molar refractivity (Wildman–Crippen MR) is 89.1 cm³/mol. The second kappa shape index (κ2) is 6.78. The number of hydrogen-bond acceptors (Lipinski definition) is 5. The molecule has 0 unspecified atom stereocenters. The van der Waals surface area contributed by atoms with Crippen molar-refractivity contribution in [2.45, 2.75) is 0 Å². The van der Waals surface area contributed by atoms with Crippen molar-refractivity contribution in [3.63, 3.8) is 0 Å². The van der Waals surface area contributed by atoms with Gasteiger partial charge >= 0.3 is 5.82 Å². The topological polar surface area (TPSA) is 102 Å². The van der Waals surface area contributed by atoms with Crippen LogP contribution in [-0.4, -0.2) is 33.3 Å². The first-order valence-electron chi connectivity index (χ1n) is 7.35. The van der Waals surface area contributed by atoms with Crippen molar-refractivity contribution in [3.8, 4) is 0 Å². The van der Waals surface area contributed by atoms with Crippen LogP contribution in [0.15, 0.2) is 54.7 Å². The zero-order valence-electron chi connectivity index (χ0n) is 12.7. The molecule has 8 nitrogen and oxygen atoms in total. The highest BCUT2D eigenvalue weighted by Crippen LogP contribution is 2.24. The highest BCUT2D eigenvalue weighted by molar-refractivity contribution is 5.94. The number of nitrogens with one attached hydrogen (secondary N) is 2. The number of aromatic nitrogens is 2. The Kier molecular flexibility index (Phi) is 4.37. The van der Waals surface area contributed by atoms with E-state index in [1.807, 2.05) is 6.07 Å². The van der Waals surface area contributed by atoms with Gasteiger partial charge in [-0.25, -0.2) is 0 Å². The molecule has 24 heavy (non-hydrogen) atoms. The van der Waals surface area contributed by atoms with E-state index >= 15 is 0 Å². The lowest BCUT2D eigenvalue weighted by Gasteiger charge is -2.06. The van der Waals surface area contributed by atoms with Gasteiger partial charge in [0.15, 0.2) is 0 Å². The van der Waals surface area contributed by atoms with Gasteiger partial charge in [0.2, 0.25) is 11.5 Å². The Balaban J connectivity index is 1.63. The number of anilines is 1. The quantitative estimate of drug-likeness (QED) is 0.410. The van der Waals surface area contributed by atoms with Crippen molar-refractivity contribution in [1.82, 2.24) is 14.7 Å². The van der Waals surface area contributed by atoms with Gasteiger partial charge in [-0.3, -0.25) is 4.79 Å². The third-order valence-corrected chi connectivity index (χ3v) is 3.42. The molecular formula is C16H15N5O3. The number of carbonyl (C=O) groups is 1. The number of rotatable bonds is 6. The van der Waals surface area contributed by atoms with Crippen molar-refractivity contribution in [3.05, 3.63) is 70.4 Å². The van der Waals surface area contributed by atoms with Gasteiger partial charge in [-0.15, -0.1) is 0 Å². The molecule has 0 fully saturated rings. The van der Waals surface area contributed by atoms with Gasteiger partial charge in [0.1, 0.15) is 0 Å². The molecule has 0 radical (unpaired) electrons. The van der Waals surface area contributed by atoms with Crippen molar-refractivity contribution >= 4 is 23.2 Å². The number of nitrogens with zero attached hydrogens (tertiary/aromatic N) is 3. The molecule has 0 spiro atoms. The number of carbonyl (C=O) groups excluding carboxylic acids is 1. The van der Waals surface area contributed by atoms with Crippen LogP contribution in [0.25, 0.3) is 5.65 Å².